The second kappa shape index (κ2) is 8.72. The van der Waals surface area contributed by atoms with Crippen LogP contribution >= 0.6 is 0 Å². The summed E-state index contributed by atoms with van der Waals surface area (Å²) in [6.07, 6.45) is 0. The average Bonchev–Trinajstić information content (AvgIpc) is 2.78. The van der Waals surface area contributed by atoms with Crippen molar-refractivity contribution >= 4 is 22.4 Å². The zero-order valence-electron chi connectivity index (χ0n) is 16.4. The third kappa shape index (κ3) is 4.36. The van der Waals surface area contributed by atoms with Gasteiger partial charge in [0.2, 0.25) is 5.91 Å². The second-order valence-electron chi connectivity index (χ2n) is 7.13. The molecule has 4 aromatic carbocycles. The SMILES string of the molecule is C[C@H](NCC(=O)Nc1ccccc1-c1ccccc1)c1cccc2ccccc12. The maximum atomic E-state index is 12.6. The molecule has 3 heteroatoms. The highest BCUT2D eigenvalue weighted by atomic mass is 16.1. The molecule has 0 aliphatic heterocycles. The summed E-state index contributed by atoms with van der Waals surface area (Å²) in [5.74, 6) is -0.0551. The summed E-state index contributed by atoms with van der Waals surface area (Å²) >= 11 is 0. The Kier molecular flexibility index (Phi) is 5.68. The molecule has 0 bridgehead atoms. The van der Waals surface area contributed by atoms with Gasteiger partial charge in [0.05, 0.1) is 6.54 Å². The van der Waals surface area contributed by atoms with E-state index in [0.29, 0.717) is 0 Å². The smallest absolute Gasteiger partial charge is 0.238 e. The third-order valence-electron chi connectivity index (χ3n) is 5.14. The predicted octanol–water partition coefficient (Wildman–Crippen LogP) is 5.80. The standard InChI is InChI=1S/C26H24N2O/c1-19(22-16-9-13-20-12-5-6-14-23(20)22)27-18-26(29)28-25-17-8-7-15-24(25)21-10-3-2-4-11-21/h2-17,19,27H,18H2,1H3,(H,28,29)/t19-/m0/s1. The van der Waals surface area contributed by atoms with Gasteiger partial charge < -0.3 is 10.6 Å². The van der Waals surface area contributed by atoms with Crippen molar-refractivity contribution in [1.29, 1.82) is 0 Å². The lowest BCUT2D eigenvalue weighted by molar-refractivity contribution is -0.115. The minimum Gasteiger partial charge on any atom is -0.324 e. The van der Waals surface area contributed by atoms with Crippen LogP contribution in [-0.4, -0.2) is 12.5 Å². The van der Waals surface area contributed by atoms with Crippen molar-refractivity contribution in [3.63, 3.8) is 0 Å². The first-order valence-electron chi connectivity index (χ1n) is 9.88. The van der Waals surface area contributed by atoms with Crippen LogP contribution in [0.15, 0.2) is 97.1 Å². The Morgan fingerprint density at radius 1 is 0.793 bits per heavy atom. The molecule has 0 spiro atoms. The minimum absolute atomic E-state index is 0.0551. The Labute approximate surface area is 171 Å². The van der Waals surface area contributed by atoms with Gasteiger partial charge in [0.15, 0.2) is 0 Å². The lowest BCUT2D eigenvalue weighted by Crippen LogP contribution is -2.30. The molecule has 0 radical (unpaired) electrons. The van der Waals surface area contributed by atoms with Gasteiger partial charge in [-0.3, -0.25) is 4.79 Å². The van der Waals surface area contributed by atoms with Crippen LogP contribution in [0.4, 0.5) is 5.69 Å². The van der Waals surface area contributed by atoms with E-state index in [0.717, 1.165) is 16.8 Å². The third-order valence-corrected chi connectivity index (χ3v) is 5.14. The van der Waals surface area contributed by atoms with Crippen LogP contribution < -0.4 is 10.6 Å². The minimum atomic E-state index is -0.0551. The van der Waals surface area contributed by atoms with E-state index in [1.165, 1.54) is 16.3 Å². The molecule has 0 unspecified atom stereocenters. The maximum absolute atomic E-state index is 12.6. The van der Waals surface area contributed by atoms with E-state index in [1.54, 1.807) is 0 Å². The van der Waals surface area contributed by atoms with Crippen molar-refractivity contribution in [3.05, 3.63) is 103 Å². The molecular weight excluding hydrogens is 356 g/mol. The van der Waals surface area contributed by atoms with E-state index in [9.17, 15) is 4.79 Å². The largest absolute Gasteiger partial charge is 0.324 e. The monoisotopic (exact) mass is 380 g/mol. The molecule has 144 valence electrons. The molecule has 0 aliphatic carbocycles. The van der Waals surface area contributed by atoms with Crippen molar-refractivity contribution in [2.75, 3.05) is 11.9 Å². The van der Waals surface area contributed by atoms with Gasteiger partial charge in [-0.2, -0.15) is 0 Å². The van der Waals surface area contributed by atoms with Gasteiger partial charge in [0.1, 0.15) is 0 Å². The second-order valence-corrected chi connectivity index (χ2v) is 7.13. The topological polar surface area (TPSA) is 41.1 Å². The van der Waals surface area contributed by atoms with Gasteiger partial charge in [0.25, 0.3) is 0 Å². The van der Waals surface area contributed by atoms with Gasteiger partial charge in [-0.1, -0.05) is 91.0 Å². The van der Waals surface area contributed by atoms with Gasteiger partial charge in [-0.25, -0.2) is 0 Å². The van der Waals surface area contributed by atoms with E-state index < -0.39 is 0 Å². The summed E-state index contributed by atoms with van der Waals surface area (Å²) in [6.45, 7) is 2.33. The number of carbonyl (C=O) groups excluding carboxylic acids is 1. The summed E-state index contributed by atoms with van der Waals surface area (Å²) in [4.78, 5) is 12.6. The van der Waals surface area contributed by atoms with E-state index in [1.807, 2.05) is 66.7 Å². The average molecular weight is 380 g/mol. The summed E-state index contributed by atoms with van der Waals surface area (Å²) in [5, 5.41) is 8.83. The Morgan fingerprint density at radius 2 is 1.48 bits per heavy atom. The number of hydrogen-bond acceptors (Lipinski definition) is 2. The number of hydrogen-bond donors (Lipinski definition) is 2. The number of fused-ring (bicyclic) bond motifs is 1. The molecule has 0 aromatic heterocycles. The highest BCUT2D eigenvalue weighted by Crippen LogP contribution is 2.27. The Hall–Kier alpha value is -3.43. The molecular formula is C26H24N2O. The normalized spacial score (nSPS) is 11.9. The number of nitrogens with one attached hydrogen (secondary N) is 2. The molecule has 2 N–H and O–H groups in total. The number of anilines is 1. The summed E-state index contributed by atoms with van der Waals surface area (Å²) in [7, 11) is 0. The van der Waals surface area contributed by atoms with Crippen LogP contribution in [-0.2, 0) is 4.79 Å². The number of para-hydroxylation sites is 1. The molecule has 1 atom stereocenters. The van der Waals surface area contributed by atoms with Crippen LogP contribution in [0.2, 0.25) is 0 Å². The molecule has 1 amide bonds. The number of benzene rings is 4. The highest BCUT2D eigenvalue weighted by molar-refractivity contribution is 5.96. The quantitative estimate of drug-likeness (QED) is 0.444. The van der Waals surface area contributed by atoms with Gasteiger partial charge in [-0.05, 0) is 34.9 Å². The molecule has 29 heavy (non-hydrogen) atoms. The van der Waals surface area contributed by atoms with Crippen LogP contribution in [0.25, 0.3) is 21.9 Å². The van der Waals surface area contributed by atoms with E-state index in [2.05, 4.69) is 47.9 Å². The molecule has 0 fully saturated rings. The van der Waals surface area contributed by atoms with Crippen molar-refractivity contribution in [2.45, 2.75) is 13.0 Å². The van der Waals surface area contributed by atoms with Crippen LogP contribution in [0.3, 0.4) is 0 Å². The molecule has 0 heterocycles. The van der Waals surface area contributed by atoms with Crippen LogP contribution in [0, 0.1) is 0 Å². The van der Waals surface area contributed by atoms with Crippen molar-refractivity contribution in [1.82, 2.24) is 5.32 Å². The molecule has 0 saturated heterocycles. The summed E-state index contributed by atoms with van der Waals surface area (Å²) in [5.41, 5.74) is 4.12. The Balaban J connectivity index is 1.45. The molecule has 4 rings (SSSR count). The van der Waals surface area contributed by atoms with Crippen molar-refractivity contribution < 1.29 is 4.79 Å². The van der Waals surface area contributed by atoms with Crippen molar-refractivity contribution in [3.8, 4) is 11.1 Å². The number of carbonyl (C=O) groups is 1. The fraction of sp³-hybridized carbons (Fsp3) is 0.115. The number of amides is 1. The fourth-order valence-electron chi connectivity index (χ4n) is 3.64. The first kappa shape index (κ1) is 18.9. The summed E-state index contributed by atoms with van der Waals surface area (Å²) in [6, 6.07) is 32.7. The molecule has 0 saturated carbocycles. The fourth-order valence-corrected chi connectivity index (χ4v) is 3.64. The maximum Gasteiger partial charge on any atom is 0.238 e. The van der Waals surface area contributed by atoms with E-state index in [4.69, 9.17) is 0 Å². The lowest BCUT2D eigenvalue weighted by atomic mass is 10.00. The summed E-state index contributed by atoms with van der Waals surface area (Å²) < 4.78 is 0. The molecule has 3 nitrogen and oxygen atoms in total. The van der Waals surface area contributed by atoms with E-state index >= 15 is 0 Å². The first-order chi connectivity index (χ1) is 14.2. The van der Waals surface area contributed by atoms with Crippen molar-refractivity contribution in [2.24, 2.45) is 0 Å². The van der Waals surface area contributed by atoms with Gasteiger partial charge in [0, 0.05) is 17.3 Å². The van der Waals surface area contributed by atoms with Gasteiger partial charge in [-0.15, -0.1) is 0 Å². The van der Waals surface area contributed by atoms with Crippen LogP contribution in [0.1, 0.15) is 18.5 Å². The Bertz CT molecular complexity index is 1120. The van der Waals surface area contributed by atoms with Crippen LogP contribution in [0.5, 0.6) is 0 Å². The zero-order valence-corrected chi connectivity index (χ0v) is 16.4. The first-order valence-corrected chi connectivity index (χ1v) is 9.88. The Morgan fingerprint density at radius 3 is 2.34 bits per heavy atom. The highest BCUT2D eigenvalue weighted by Gasteiger charge is 2.12. The van der Waals surface area contributed by atoms with Gasteiger partial charge >= 0.3 is 0 Å². The van der Waals surface area contributed by atoms with E-state index in [-0.39, 0.29) is 18.5 Å². The number of rotatable bonds is 6. The molecule has 4 aromatic rings. The lowest BCUT2D eigenvalue weighted by Gasteiger charge is -2.17. The molecule has 0 aliphatic rings. The zero-order chi connectivity index (χ0) is 20.1. The predicted molar refractivity (Wildman–Crippen MR) is 121 cm³/mol.